The largest absolute Gasteiger partial charge is 0.352 e. The molecule has 32 heavy (non-hydrogen) atoms. The fourth-order valence-electron chi connectivity index (χ4n) is 3.99. The van der Waals surface area contributed by atoms with Gasteiger partial charge in [0.15, 0.2) is 0 Å². The van der Waals surface area contributed by atoms with Crippen LogP contribution >= 0.6 is 23.4 Å². The van der Waals surface area contributed by atoms with Crippen LogP contribution in [0.25, 0.3) is 0 Å². The molecule has 3 rings (SSSR count). The van der Waals surface area contributed by atoms with E-state index in [1.165, 1.54) is 23.9 Å². The zero-order valence-electron chi connectivity index (χ0n) is 18.4. The first-order valence-electron chi connectivity index (χ1n) is 11.1. The van der Waals surface area contributed by atoms with Crippen LogP contribution < -0.4 is 5.32 Å². The minimum atomic E-state index is -0.552. The summed E-state index contributed by atoms with van der Waals surface area (Å²) in [4.78, 5) is 27.9. The van der Waals surface area contributed by atoms with Gasteiger partial charge in [-0.1, -0.05) is 55.6 Å². The Morgan fingerprint density at radius 2 is 1.72 bits per heavy atom. The normalized spacial score (nSPS) is 14.8. The van der Waals surface area contributed by atoms with Gasteiger partial charge in [-0.05, 0) is 54.7 Å². The van der Waals surface area contributed by atoms with Crippen LogP contribution in [-0.2, 0) is 21.9 Å². The summed E-state index contributed by atoms with van der Waals surface area (Å²) in [5, 5.41) is 3.82. The number of carbonyl (C=O) groups excluding carboxylic acids is 2. The molecule has 1 atom stereocenters. The van der Waals surface area contributed by atoms with Gasteiger partial charge >= 0.3 is 0 Å². The van der Waals surface area contributed by atoms with Gasteiger partial charge in [-0.3, -0.25) is 9.59 Å². The Morgan fingerprint density at radius 3 is 2.34 bits per heavy atom. The van der Waals surface area contributed by atoms with Crippen molar-refractivity contribution in [3.63, 3.8) is 0 Å². The van der Waals surface area contributed by atoms with Crippen molar-refractivity contribution in [1.82, 2.24) is 10.2 Å². The summed E-state index contributed by atoms with van der Waals surface area (Å²) in [6, 6.07) is 13.3. The molecule has 0 spiro atoms. The van der Waals surface area contributed by atoms with Crippen molar-refractivity contribution in [3.8, 4) is 0 Å². The Kier molecular flexibility index (Phi) is 9.42. The number of hydrogen-bond donors (Lipinski definition) is 1. The molecule has 1 aliphatic rings. The van der Waals surface area contributed by atoms with Crippen molar-refractivity contribution < 1.29 is 14.0 Å². The number of amides is 2. The molecule has 0 aromatic heterocycles. The molecular formula is C25H30ClFN2O2S. The lowest BCUT2D eigenvalue weighted by atomic mass is 10.1. The van der Waals surface area contributed by atoms with Crippen molar-refractivity contribution in [3.05, 3.63) is 70.5 Å². The molecule has 1 fully saturated rings. The molecule has 0 radical (unpaired) electrons. The molecule has 2 aromatic carbocycles. The minimum absolute atomic E-state index is 0.0956. The third kappa shape index (κ3) is 7.24. The second kappa shape index (κ2) is 12.3. The SMILES string of the molecule is CC[C@H](C(=O)NC1CCCC1)N(Cc1ccc(F)cc1)C(=O)CSCc1ccc(Cl)cc1. The molecule has 1 saturated carbocycles. The Morgan fingerprint density at radius 1 is 1.09 bits per heavy atom. The van der Waals surface area contributed by atoms with E-state index in [9.17, 15) is 14.0 Å². The molecule has 2 amide bonds. The lowest BCUT2D eigenvalue weighted by molar-refractivity contribution is -0.139. The molecular weight excluding hydrogens is 447 g/mol. The van der Waals surface area contributed by atoms with Gasteiger partial charge in [-0.25, -0.2) is 4.39 Å². The van der Waals surface area contributed by atoms with Gasteiger partial charge in [0.2, 0.25) is 11.8 Å². The summed E-state index contributed by atoms with van der Waals surface area (Å²) in [6.07, 6.45) is 4.76. The number of nitrogens with one attached hydrogen (secondary N) is 1. The van der Waals surface area contributed by atoms with Crippen molar-refractivity contribution in [1.29, 1.82) is 0 Å². The Labute approximate surface area is 198 Å². The summed E-state index contributed by atoms with van der Waals surface area (Å²) in [6.45, 7) is 2.20. The number of benzene rings is 2. The van der Waals surface area contributed by atoms with Gasteiger partial charge in [0.25, 0.3) is 0 Å². The summed E-state index contributed by atoms with van der Waals surface area (Å²) in [5.41, 5.74) is 1.89. The molecule has 0 saturated heterocycles. The Balaban J connectivity index is 1.68. The number of carbonyl (C=O) groups is 2. The summed E-state index contributed by atoms with van der Waals surface area (Å²) in [5.74, 6) is 0.422. The highest BCUT2D eigenvalue weighted by atomic mass is 35.5. The third-order valence-electron chi connectivity index (χ3n) is 5.76. The monoisotopic (exact) mass is 476 g/mol. The van der Waals surface area contributed by atoms with E-state index < -0.39 is 6.04 Å². The first-order chi connectivity index (χ1) is 15.5. The highest BCUT2D eigenvalue weighted by molar-refractivity contribution is 7.99. The fourth-order valence-corrected chi connectivity index (χ4v) is 4.99. The molecule has 172 valence electrons. The van der Waals surface area contributed by atoms with E-state index >= 15 is 0 Å². The van der Waals surface area contributed by atoms with Crippen LogP contribution in [0.5, 0.6) is 0 Å². The number of halogens is 2. The van der Waals surface area contributed by atoms with Gasteiger partial charge < -0.3 is 10.2 Å². The average Bonchev–Trinajstić information content (AvgIpc) is 3.29. The number of nitrogens with zero attached hydrogens (tertiary/aromatic N) is 1. The summed E-state index contributed by atoms with van der Waals surface area (Å²) < 4.78 is 13.4. The Hall–Kier alpha value is -2.05. The fraction of sp³-hybridized carbons (Fsp3) is 0.440. The van der Waals surface area contributed by atoms with Crippen molar-refractivity contribution >= 4 is 35.2 Å². The van der Waals surface area contributed by atoms with E-state index in [1.807, 2.05) is 31.2 Å². The molecule has 1 aliphatic carbocycles. The Bertz CT molecular complexity index is 886. The highest BCUT2D eigenvalue weighted by Crippen LogP contribution is 2.21. The van der Waals surface area contributed by atoms with E-state index in [2.05, 4.69) is 5.32 Å². The van der Waals surface area contributed by atoms with Gasteiger partial charge in [-0.2, -0.15) is 0 Å². The standard InChI is InChI=1S/C25H30ClFN2O2S/c1-2-23(25(31)28-22-5-3-4-6-22)29(15-18-9-13-21(27)14-10-18)24(30)17-32-16-19-7-11-20(26)12-8-19/h7-14,22-23H,2-6,15-17H2,1H3,(H,28,31)/t23-/m1/s1. The predicted octanol–water partition coefficient (Wildman–Crippen LogP) is 5.58. The zero-order chi connectivity index (χ0) is 22.9. The van der Waals surface area contributed by atoms with E-state index in [4.69, 9.17) is 11.6 Å². The molecule has 4 nitrogen and oxygen atoms in total. The smallest absolute Gasteiger partial charge is 0.243 e. The maximum Gasteiger partial charge on any atom is 0.243 e. The molecule has 0 heterocycles. The second-order valence-corrected chi connectivity index (χ2v) is 9.60. The van der Waals surface area contributed by atoms with E-state index in [0.717, 1.165) is 36.8 Å². The maximum absolute atomic E-state index is 13.4. The predicted molar refractivity (Wildman–Crippen MR) is 129 cm³/mol. The highest BCUT2D eigenvalue weighted by Gasteiger charge is 2.30. The van der Waals surface area contributed by atoms with Crippen LogP contribution in [-0.4, -0.2) is 34.6 Å². The molecule has 1 N–H and O–H groups in total. The summed E-state index contributed by atoms with van der Waals surface area (Å²) >= 11 is 7.44. The van der Waals surface area contributed by atoms with Crippen LogP contribution in [0.4, 0.5) is 4.39 Å². The molecule has 7 heteroatoms. The van der Waals surface area contributed by atoms with Crippen molar-refractivity contribution in [2.45, 2.75) is 63.4 Å². The first-order valence-corrected chi connectivity index (χ1v) is 12.7. The zero-order valence-corrected chi connectivity index (χ0v) is 19.9. The van der Waals surface area contributed by atoms with Crippen LogP contribution in [0.3, 0.4) is 0 Å². The number of hydrogen-bond acceptors (Lipinski definition) is 3. The molecule has 2 aromatic rings. The third-order valence-corrected chi connectivity index (χ3v) is 7.00. The van der Waals surface area contributed by atoms with Crippen LogP contribution in [0.1, 0.15) is 50.2 Å². The van der Waals surface area contributed by atoms with Crippen molar-refractivity contribution in [2.24, 2.45) is 0 Å². The second-order valence-electron chi connectivity index (χ2n) is 8.18. The van der Waals surface area contributed by atoms with E-state index in [1.54, 1.807) is 17.0 Å². The molecule has 0 aliphatic heterocycles. The summed E-state index contributed by atoms with van der Waals surface area (Å²) in [7, 11) is 0. The number of thioether (sulfide) groups is 1. The van der Waals surface area contributed by atoms with E-state index in [-0.39, 0.29) is 36.0 Å². The first kappa shape index (κ1) is 24.6. The van der Waals surface area contributed by atoms with Gasteiger partial charge in [0.1, 0.15) is 11.9 Å². The lowest BCUT2D eigenvalue weighted by Crippen LogP contribution is -2.51. The quantitative estimate of drug-likeness (QED) is 0.487. The molecule has 0 bridgehead atoms. The van der Waals surface area contributed by atoms with Gasteiger partial charge in [-0.15, -0.1) is 11.8 Å². The van der Waals surface area contributed by atoms with Gasteiger partial charge in [0, 0.05) is 23.4 Å². The van der Waals surface area contributed by atoms with E-state index in [0.29, 0.717) is 17.2 Å². The van der Waals surface area contributed by atoms with Crippen LogP contribution in [0.2, 0.25) is 5.02 Å². The minimum Gasteiger partial charge on any atom is -0.352 e. The average molecular weight is 477 g/mol. The van der Waals surface area contributed by atoms with Crippen LogP contribution in [0, 0.1) is 5.82 Å². The van der Waals surface area contributed by atoms with Crippen LogP contribution in [0.15, 0.2) is 48.5 Å². The topological polar surface area (TPSA) is 49.4 Å². The maximum atomic E-state index is 13.4. The van der Waals surface area contributed by atoms with Crippen molar-refractivity contribution in [2.75, 3.05) is 5.75 Å². The molecule has 0 unspecified atom stereocenters. The number of rotatable bonds is 10. The lowest BCUT2D eigenvalue weighted by Gasteiger charge is -2.31. The van der Waals surface area contributed by atoms with Gasteiger partial charge in [0.05, 0.1) is 5.75 Å².